The smallest absolute Gasteiger partial charge is 0.433 e. The second-order valence-electron chi connectivity index (χ2n) is 5.71. The molecule has 29 heavy (non-hydrogen) atoms. The van der Waals surface area contributed by atoms with E-state index in [1.165, 1.54) is 20.2 Å². The molecule has 2 amide bonds. The number of nitriles is 1. The lowest BCUT2D eigenvalue weighted by Gasteiger charge is -2.13. The van der Waals surface area contributed by atoms with E-state index in [1.807, 2.05) is 6.07 Å². The largest absolute Gasteiger partial charge is 0.496 e. The van der Waals surface area contributed by atoms with Crippen LogP contribution in [-0.4, -0.2) is 24.3 Å². The van der Waals surface area contributed by atoms with Crippen molar-refractivity contribution in [3.05, 3.63) is 52.2 Å². The van der Waals surface area contributed by atoms with Gasteiger partial charge in [0.15, 0.2) is 0 Å². The van der Waals surface area contributed by atoms with Crippen molar-refractivity contribution in [1.29, 1.82) is 5.26 Å². The number of ether oxygens (including phenoxy) is 1. The Bertz CT molecular complexity index is 987. The molecule has 0 aliphatic heterocycles. The van der Waals surface area contributed by atoms with Crippen LogP contribution in [0.2, 0.25) is 0 Å². The zero-order valence-corrected chi connectivity index (χ0v) is 16.2. The first-order valence-corrected chi connectivity index (χ1v) is 9.01. The van der Waals surface area contributed by atoms with Gasteiger partial charge in [-0.05, 0) is 42.3 Å². The highest BCUT2D eigenvalue weighted by molar-refractivity contribution is 7.98. The molecule has 0 aliphatic rings. The maximum Gasteiger partial charge on any atom is 0.433 e. The molecule has 1 aromatic carbocycles. The molecule has 0 fully saturated rings. The van der Waals surface area contributed by atoms with Gasteiger partial charge in [0.2, 0.25) is 0 Å². The third-order valence-electron chi connectivity index (χ3n) is 3.64. The number of pyridine rings is 1. The van der Waals surface area contributed by atoms with Crippen molar-refractivity contribution in [3.8, 4) is 11.8 Å². The fraction of sp³-hybridized carbons (Fsp3) is 0.222. The number of hydrogen-bond donors (Lipinski definition) is 2. The van der Waals surface area contributed by atoms with E-state index in [0.29, 0.717) is 16.9 Å². The Balaban J connectivity index is 2.33. The van der Waals surface area contributed by atoms with Crippen molar-refractivity contribution >= 4 is 24.0 Å². The molecular weight excluding hydrogens is 407 g/mol. The number of hydrogen-bond acceptors (Lipinski definition) is 6. The highest BCUT2D eigenvalue weighted by Crippen LogP contribution is 2.34. The molecule has 2 aromatic rings. The number of aromatic nitrogens is 1. The van der Waals surface area contributed by atoms with Gasteiger partial charge in [-0.15, -0.1) is 11.8 Å². The van der Waals surface area contributed by atoms with Crippen molar-refractivity contribution in [2.45, 2.75) is 23.9 Å². The maximum absolute atomic E-state index is 13.1. The molecular formula is C18H16F3N5O2S. The van der Waals surface area contributed by atoms with Gasteiger partial charge >= 0.3 is 12.2 Å². The van der Waals surface area contributed by atoms with Crippen LogP contribution in [0.3, 0.4) is 0 Å². The van der Waals surface area contributed by atoms with Crippen molar-refractivity contribution in [1.82, 2.24) is 10.4 Å². The summed E-state index contributed by atoms with van der Waals surface area (Å²) in [4.78, 5) is 14.3. The predicted molar refractivity (Wildman–Crippen MR) is 102 cm³/mol. The van der Waals surface area contributed by atoms with Crippen LogP contribution in [-0.2, 0) is 11.9 Å². The third kappa shape index (κ3) is 5.86. The summed E-state index contributed by atoms with van der Waals surface area (Å²) >= 11 is 0.988. The Morgan fingerprint density at radius 3 is 2.76 bits per heavy atom. The van der Waals surface area contributed by atoms with E-state index >= 15 is 0 Å². The molecule has 0 aliphatic carbocycles. The number of nitrogens with one attached hydrogen (secondary N) is 1. The van der Waals surface area contributed by atoms with E-state index < -0.39 is 17.9 Å². The lowest BCUT2D eigenvalue weighted by atomic mass is 10.1. The third-order valence-corrected chi connectivity index (χ3v) is 4.67. The molecule has 0 bridgehead atoms. The zero-order chi connectivity index (χ0) is 21.6. The Kier molecular flexibility index (Phi) is 7.06. The van der Waals surface area contributed by atoms with E-state index in [1.54, 1.807) is 18.2 Å². The van der Waals surface area contributed by atoms with Crippen molar-refractivity contribution < 1.29 is 22.7 Å². The summed E-state index contributed by atoms with van der Waals surface area (Å²) < 4.78 is 44.5. The van der Waals surface area contributed by atoms with Crippen LogP contribution in [0.1, 0.15) is 27.9 Å². The minimum Gasteiger partial charge on any atom is -0.496 e. The Morgan fingerprint density at radius 2 is 2.17 bits per heavy atom. The minimum atomic E-state index is -4.62. The first-order chi connectivity index (χ1) is 13.7. The summed E-state index contributed by atoms with van der Waals surface area (Å²) in [6.07, 6.45) is -3.26. The molecule has 11 heteroatoms. The number of methoxy groups -OCH3 is 1. The number of alkyl halides is 3. The highest BCUT2D eigenvalue weighted by Gasteiger charge is 2.34. The number of benzene rings is 1. The topological polar surface area (TPSA) is 113 Å². The van der Waals surface area contributed by atoms with Gasteiger partial charge in [-0.1, -0.05) is 0 Å². The first-order valence-electron chi connectivity index (χ1n) is 8.03. The number of halogens is 3. The van der Waals surface area contributed by atoms with Crippen LogP contribution in [0.4, 0.5) is 18.0 Å². The van der Waals surface area contributed by atoms with Gasteiger partial charge < -0.3 is 10.5 Å². The number of aryl methyl sites for hydroxylation is 1. The van der Waals surface area contributed by atoms with Crippen LogP contribution < -0.4 is 15.9 Å². The van der Waals surface area contributed by atoms with Crippen molar-refractivity contribution in [2.75, 3.05) is 7.11 Å². The van der Waals surface area contributed by atoms with Gasteiger partial charge in [0, 0.05) is 11.3 Å². The number of rotatable bonds is 6. The van der Waals surface area contributed by atoms with Gasteiger partial charge in [-0.25, -0.2) is 15.2 Å². The highest BCUT2D eigenvalue weighted by atomic mass is 32.2. The molecule has 152 valence electrons. The number of nitrogens with two attached hydrogens (primary N) is 1. The maximum atomic E-state index is 13.1. The van der Waals surface area contributed by atoms with E-state index in [9.17, 15) is 23.2 Å². The normalized spacial score (nSPS) is 11.3. The SMILES string of the molecule is COc1ccc(C=NNC(N)=O)cc1CSc1nc(C(F)(F)F)cc(C)c1C#N. The standard InChI is InChI=1S/C18H16F3N5O2S/c1-10-5-15(18(19,20)21)25-16(13(10)7-22)29-9-12-6-11(3-4-14(12)28-2)8-24-26-17(23)27/h3-6,8H,9H2,1-2H3,(H3,23,26,27). The van der Waals surface area contributed by atoms with Gasteiger partial charge in [-0.2, -0.15) is 23.5 Å². The number of nitrogens with zero attached hydrogens (tertiary/aromatic N) is 3. The molecule has 0 unspecified atom stereocenters. The fourth-order valence-corrected chi connectivity index (χ4v) is 3.37. The van der Waals surface area contributed by atoms with E-state index in [-0.39, 0.29) is 21.9 Å². The Hall–Kier alpha value is -3.26. The average Bonchev–Trinajstić information content (AvgIpc) is 2.65. The number of thioether (sulfide) groups is 1. The van der Waals surface area contributed by atoms with Gasteiger partial charge in [0.1, 0.15) is 22.5 Å². The molecule has 1 aromatic heterocycles. The fourth-order valence-electron chi connectivity index (χ4n) is 2.34. The van der Waals surface area contributed by atoms with Gasteiger partial charge in [0.25, 0.3) is 0 Å². The number of carbonyl (C=O) groups excluding carboxylic acids is 1. The van der Waals surface area contributed by atoms with E-state index in [0.717, 1.165) is 17.8 Å². The second kappa shape index (κ2) is 9.29. The van der Waals surface area contributed by atoms with Crippen LogP contribution in [0, 0.1) is 18.3 Å². The molecule has 0 saturated carbocycles. The number of hydrazone groups is 1. The van der Waals surface area contributed by atoms with Crippen molar-refractivity contribution in [2.24, 2.45) is 10.8 Å². The van der Waals surface area contributed by atoms with Gasteiger partial charge in [0.05, 0.1) is 18.9 Å². The molecule has 3 N–H and O–H groups in total. The molecule has 7 nitrogen and oxygen atoms in total. The van der Waals surface area contributed by atoms with Crippen LogP contribution in [0.25, 0.3) is 0 Å². The summed E-state index contributed by atoms with van der Waals surface area (Å²) in [5.41, 5.74) is 7.46. The molecule has 0 saturated heterocycles. The van der Waals surface area contributed by atoms with Gasteiger partial charge in [-0.3, -0.25) is 0 Å². The number of carbonyl (C=O) groups is 1. The lowest BCUT2D eigenvalue weighted by molar-refractivity contribution is -0.141. The Morgan fingerprint density at radius 1 is 1.45 bits per heavy atom. The van der Waals surface area contributed by atoms with Crippen LogP contribution in [0.15, 0.2) is 34.4 Å². The summed E-state index contributed by atoms with van der Waals surface area (Å²) in [7, 11) is 1.46. The number of urea groups is 1. The molecule has 0 atom stereocenters. The summed E-state index contributed by atoms with van der Waals surface area (Å²) in [6.45, 7) is 1.43. The zero-order valence-electron chi connectivity index (χ0n) is 15.4. The summed E-state index contributed by atoms with van der Waals surface area (Å²) in [6, 6.07) is 6.94. The second-order valence-corrected chi connectivity index (χ2v) is 6.67. The molecule has 0 radical (unpaired) electrons. The minimum absolute atomic E-state index is 0.0173. The molecule has 0 spiro atoms. The van der Waals surface area contributed by atoms with E-state index in [4.69, 9.17) is 10.5 Å². The monoisotopic (exact) mass is 423 g/mol. The first kappa shape index (κ1) is 22.0. The molecule has 1 heterocycles. The summed E-state index contributed by atoms with van der Waals surface area (Å²) in [5.74, 6) is 0.691. The van der Waals surface area contributed by atoms with Crippen LogP contribution >= 0.6 is 11.8 Å². The Labute approximate surface area is 168 Å². The average molecular weight is 423 g/mol. The molecule has 2 rings (SSSR count). The number of primary amides is 1. The lowest BCUT2D eigenvalue weighted by Crippen LogP contribution is -2.24. The summed E-state index contributed by atoms with van der Waals surface area (Å²) in [5, 5.41) is 12.9. The van der Waals surface area contributed by atoms with Crippen molar-refractivity contribution in [3.63, 3.8) is 0 Å². The van der Waals surface area contributed by atoms with E-state index in [2.05, 4.69) is 15.5 Å². The van der Waals surface area contributed by atoms with Crippen LogP contribution in [0.5, 0.6) is 5.75 Å². The number of amides is 2. The predicted octanol–water partition coefficient (Wildman–Crippen LogP) is 3.58. The quantitative estimate of drug-likeness (QED) is 0.419.